The lowest BCUT2D eigenvalue weighted by Gasteiger charge is -2.36. The third-order valence-electron chi connectivity index (χ3n) is 4.30. The SMILES string of the molecule is COc1ccc(N2CCN(Cc3cccc(C)c3)CC2)cc1. The number of hydrogen-bond donors (Lipinski definition) is 0. The monoisotopic (exact) mass is 296 g/mol. The van der Waals surface area contributed by atoms with Gasteiger partial charge in [-0.25, -0.2) is 0 Å². The molecule has 116 valence electrons. The summed E-state index contributed by atoms with van der Waals surface area (Å²) >= 11 is 0. The minimum absolute atomic E-state index is 0.918. The topological polar surface area (TPSA) is 15.7 Å². The Morgan fingerprint density at radius 2 is 1.68 bits per heavy atom. The Morgan fingerprint density at radius 3 is 2.32 bits per heavy atom. The standard InChI is InChI=1S/C19H24N2O/c1-16-4-3-5-17(14-16)15-20-10-12-21(13-11-20)18-6-8-19(22-2)9-7-18/h3-9,14H,10-13,15H2,1-2H3. The molecule has 3 nitrogen and oxygen atoms in total. The van der Waals surface area contributed by atoms with E-state index in [4.69, 9.17) is 4.74 Å². The number of hydrogen-bond acceptors (Lipinski definition) is 3. The molecule has 0 bridgehead atoms. The second kappa shape index (κ2) is 6.84. The number of anilines is 1. The van der Waals surface area contributed by atoms with E-state index in [1.165, 1.54) is 16.8 Å². The number of benzene rings is 2. The molecule has 1 heterocycles. The normalized spacial score (nSPS) is 15.8. The zero-order valence-corrected chi connectivity index (χ0v) is 13.5. The van der Waals surface area contributed by atoms with Crippen LogP contribution in [0.15, 0.2) is 48.5 Å². The van der Waals surface area contributed by atoms with Gasteiger partial charge in [-0.3, -0.25) is 4.90 Å². The van der Waals surface area contributed by atoms with Crippen LogP contribution in [0.5, 0.6) is 5.75 Å². The van der Waals surface area contributed by atoms with Gasteiger partial charge >= 0.3 is 0 Å². The maximum atomic E-state index is 5.22. The molecule has 1 fully saturated rings. The van der Waals surface area contributed by atoms with Crippen molar-refractivity contribution < 1.29 is 4.74 Å². The summed E-state index contributed by atoms with van der Waals surface area (Å²) in [5, 5.41) is 0. The quantitative estimate of drug-likeness (QED) is 0.861. The van der Waals surface area contributed by atoms with Gasteiger partial charge in [-0.2, -0.15) is 0 Å². The van der Waals surface area contributed by atoms with Gasteiger partial charge in [-0.1, -0.05) is 29.8 Å². The van der Waals surface area contributed by atoms with Gasteiger partial charge in [0, 0.05) is 38.4 Å². The predicted octanol–water partition coefficient (Wildman–Crippen LogP) is 3.33. The summed E-state index contributed by atoms with van der Waals surface area (Å²) in [7, 11) is 1.71. The van der Waals surface area contributed by atoms with E-state index in [9.17, 15) is 0 Å². The highest BCUT2D eigenvalue weighted by Crippen LogP contribution is 2.21. The number of piperazine rings is 1. The van der Waals surface area contributed by atoms with Crippen molar-refractivity contribution in [2.24, 2.45) is 0 Å². The molecule has 0 atom stereocenters. The second-order valence-corrected chi connectivity index (χ2v) is 5.95. The van der Waals surface area contributed by atoms with Crippen LogP contribution in [0.1, 0.15) is 11.1 Å². The average molecular weight is 296 g/mol. The van der Waals surface area contributed by atoms with Crippen molar-refractivity contribution in [2.45, 2.75) is 13.5 Å². The lowest BCUT2D eigenvalue weighted by atomic mass is 10.1. The molecule has 2 aromatic carbocycles. The molecule has 3 rings (SSSR count). The van der Waals surface area contributed by atoms with Crippen LogP contribution in [0.2, 0.25) is 0 Å². The Balaban J connectivity index is 1.55. The van der Waals surface area contributed by atoms with Gasteiger partial charge < -0.3 is 9.64 Å². The smallest absolute Gasteiger partial charge is 0.119 e. The van der Waals surface area contributed by atoms with E-state index in [1.807, 2.05) is 12.1 Å². The molecule has 3 heteroatoms. The summed E-state index contributed by atoms with van der Waals surface area (Å²) in [4.78, 5) is 4.99. The van der Waals surface area contributed by atoms with E-state index < -0.39 is 0 Å². The number of aryl methyl sites for hydroxylation is 1. The van der Waals surface area contributed by atoms with E-state index in [2.05, 4.69) is 53.1 Å². The average Bonchev–Trinajstić information content (AvgIpc) is 2.56. The molecule has 1 aliphatic rings. The van der Waals surface area contributed by atoms with Crippen LogP contribution < -0.4 is 9.64 Å². The number of rotatable bonds is 4. The van der Waals surface area contributed by atoms with Crippen LogP contribution >= 0.6 is 0 Å². The first kappa shape index (κ1) is 14.9. The number of nitrogens with zero attached hydrogens (tertiary/aromatic N) is 2. The molecule has 22 heavy (non-hydrogen) atoms. The highest BCUT2D eigenvalue weighted by Gasteiger charge is 2.17. The molecular formula is C19H24N2O. The van der Waals surface area contributed by atoms with E-state index in [0.29, 0.717) is 0 Å². The molecule has 0 N–H and O–H groups in total. The fourth-order valence-corrected chi connectivity index (χ4v) is 3.03. The molecule has 1 saturated heterocycles. The van der Waals surface area contributed by atoms with Gasteiger partial charge in [0.15, 0.2) is 0 Å². The zero-order valence-electron chi connectivity index (χ0n) is 13.5. The lowest BCUT2D eigenvalue weighted by molar-refractivity contribution is 0.250. The molecule has 1 aliphatic heterocycles. The Kier molecular flexibility index (Phi) is 4.64. The van der Waals surface area contributed by atoms with E-state index in [1.54, 1.807) is 7.11 Å². The molecule has 0 radical (unpaired) electrons. The Morgan fingerprint density at radius 1 is 0.955 bits per heavy atom. The Labute approximate surface area is 133 Å². The Hall–Kier alpha value is -2.00. The van der Waals surface area contributed by atoms with Crippen LogP contribution in [0, 0.1) is 6.92 Å². The summed E-state index contributed by atoms with van der Waals surface area (Å²) < 4.78 is 5.22. The van der Waals surface area contributed by atoms with Crippen molar-refractivity contribution in [3.8, 4) is 5.75 Å². The molecule has 0 saturated carbocycles. The molecule has 0 unspecified atom stereocenters. The van der Waals surface area contributed by atoms with Crippen LogP contribution in [-0.2, 0) is 6.54 Å². The van der Waals surface area contributed by atoms with Gasteiger partial charge in [0.1, 0.15) is 5.75 Å². The van der Waals surface area contributed by atoms with Gasteiger partial charge in [0.05, 0.1) is 7.11 Å². The maximum absolute atomic E-state index is 5.22. The maximum Gasteiger partial charge on any atom is 0.119 e. The first-order chi connectivity index (χ1) is 10.7. The minimum atomic E-state index is 0.918. The van der Waals surface area contributed by atoms with Crippen molar-refractivity contribution in [3.05, 3.63) is 59.7 Å². The van der Waals surface area contributed by atoms with E-state index in [-0.39, 0.29) is 0 Å². The minimum Gasteiger partial charge on any atom is -0.497 e. The molecule has 0 aromatic heterocycles. The predicted molar refractivity (Wildman–Crippen MR) is 91.7 cm³/mol. The van der Waals surface area contributed by atoms with Gasteiger partial charge in [-0.15, -0.1) is 0 Å². The zero-order chi connectivity index (χ0) is 15.4. The summed E-state index contributed by atoms with van der Waals surface area (Å²) in [6.45, 7) is 7.60. The number of ether oxygens (including phenoxy) is 1. The van der Waals surface area contributed by atoms with Crippen molar-refractivity contribution in [2.75, 3.05) is 38.2 Å². The van der Waals surface area contributed by atoms with Gasteiger partial charge in [0.2, 0.25) is 0 Å². The summed E-state index contributed by atoms with van der Waals surface area (Å²) in [6, 6.07) is 17.2. The summed E-state index contributed by atoms with van der Waals surface area (Å²) in [5.74, 6) is 0.918. The fourth-order valence-electron chi connectivity index (χ4n) is 3.03. The van der Waals surface area contributed by atoms with E-state index in [0.717, 1.165) is 38.5 Å². The molecular weight excluding hydrogens is 272 g/mol. The van der Waals surface area contributed by atoms with Gasteiger partial charge in [0.25, 0.3) is 0 Å². The summed E-state index contributed by atoms with van der Waals surface area (Å²) in [5.41, 5.74) is 4.04. The first-order valence-corrected chi connectivity index (χ1v) is 7.91. The highest BCUT2D eigenvalue weighted by atomic mass is 16.5. The molecule has 0 spiro atoms. The largest absolute Gasteiger partial charge is 0.497 e. The second-order valence-electron chi connectivity index (χ2n) is 5.95. The lowest BCUT2D eigenvalue weighted by Crippen LogP contribution is -2.45. The van der Waals surface area contributed by atoms with Gasteiger partial charge in [-0.05, 0) is 36.8 Å². The highest BCUT2D eigenvalue weighted by molar-refractivity contribution is 5.49. The molecule has 2 aromatic rings. The van der Waals surface area contributed by atoms with Crippen LogP contribution in [-0.4, -0.2) is 38.2 Å². The van der Waals surface area contributed by atoms with Crippen LogP contribution in [0.25, 0.3) is 0 Å². The Bertz CT molecular complexity index is 601. The van der Waals surface area contributed by atoms with Crippen molar-refractivity contribution in [1.29, 1.82) is 0 Å². The number of methoxy groups -OCH3 is 1. The van der Waals surface area contributed by atoms with Crippen molar-refractivity contribution in [3.63, 3.8) is 0 Å². The fraction of sp³-hybridized carbons (Fsp3) is 0.368. The van der Waals surface area contributed by atoms with Crippen molar-refractivity contribution in [1.82, 2.24) is 4.90 Å². The first-order valence-electron chi connectivity index (χ1n) is 7.91. The molecule has 0 amide bonds. The van der Waals surface area contributed by atoms with E-state index >= 15 is 0 Å². The summed E-state index contributed by atoms with van der Waals surface area (Å²) in [6.07, 6.45) is 0. The van der Waals surface area contributed by atoms with Crippen LogP contribution in [0.3, 0.4) is 0 Å². The molecule has 0 aliphatic carbocycles. The van der Waals surface area contributed by atoms with Crippen LogP contribution in [0.4, 0.5) is 5.69 Å². The van der Waals surface area contributed by atoms with Crippen molar-refractivity contribution >= 4 is 5.69 Å². The third-order valence-corrected chi connectivity index (χ3v) is 4.30. The third kappa shape index (κ3) is 3.60.